The fraction of sp³-hybridized carbons (Fsp3) is 0.467. The predicted octanol–water partition coefficient (Wildman–Crippen LogP) is 2.83. The zero-order valence-electron chi connectivity index (χ0n) is 11.7. The van der Waals surface area contributed by atoms with E-state index in [1.54, 1.807) is 0 Å². The summed E-state index contributed by atoms with van der Waals surface area (Å²) in [5.74, 6) is 0. The molecule has 0 aliphatic carbocycles. The van der Waals surface area contributed by atoms with Crippen molar-refractivity contribution in [3.8, 4) is 0 Å². The van der Waals surface area contributed by atoms with Crippen LogP contribution in [0.5, 0.6) is 0 Å². The van der Waals surface area contributed by atoms with Crippen LogP contribution < -0.4 is 11.1 Å². The van der Waals surface area contributed by atoms with E-state index in [-0.39, 0.29) is 6.04 Å². The molecule has 0 saturated heterocycles. The molecule has 0 spiro atoms. The van der Waals surface area contributed by atoms with Gasteiger partial charge in [-0.1, -0.05) is 29.8 Å². The topological polar surface area (TPSA) is 47.3 Å². The normalized spacial score (nSPS) is 12.4. The molecule has 3 N–H and O–H groups in total. The number of halogens is 1. The molecule has 4 heteroatoms. The first-order chi connectivity index (χ1) is 9.04. The van der Waals surface area contributed by atoms with Gasteiger partial charge in [0, 0.05) is 24.2 Å². The van der Waals surface area contributed by atoms with Gasteiger partial charge in [0.2, 0.25) is 0 Å². The van der Waals surface area contributed by atoms with Gasteiger partial charge in [0.1, 0.15) is 0 Å². The van der Waals surface area contributed by atoms with Crippen molar-refractivity contribution in [3.05, 3.63) is 46.5 Å². The maximum absolute atomic E-state index is 5.96. The first-order valence-electron chi connectivity index (χ1n) is 6.46. The molecule has 19 heavy (non-hydrogen) atoms. The van der Waals surface area contributed by atoms with Gasteiger partial charge in [-0.2, -0.15) is 0 Å². The van der Waals surface area contributed by atoms with Gasteiger partial charge < -0.3 is 15.8 Å². The van der Waals surface area contributed by atoms with Crippen molar-refractivity contribution in [2.45, 2.75) is 19.9 Å². The van der Waals surface area contributed by atoms with Crippen molar-refractivity contribution in [3.63, 3.8) is 0 Å². The monoisotopic (exact) mass is 282 g/mol. The predicted molar refractivity (Wildman–Crippen MR) is 81.6 cm³/mol. The highest BCUT2D eigenvalue weighted by Crippen LogP contribution is 2.20. The molecule has 0 aliphatic heterocycles. The molecule has 0 amide bonds. The summed E-state index contributed by atoms with van der Waals surface area (Å²) < 4.78 is 5.45. The van der Waals surface area contributed by atoms with Crippen LogP contribution in [0.15, 0.2) is 30.4 Å². The van der Waals surface area contributed by atoms with Crippen LogP contribution in [-0.2, 0) is 4.74 Å². The number of nitrogens with one attached hydrogen (secondary N) is 1. The van der Waals surface area contributed by atoms with Gasteiger partial charge in [0.05, 0.1) is 13.2 Å². The van der Waals surface area contributed by atoms with E-state index in [0.717, 1.165) is 22.7 Å². The van der Waals surface area contributed by atoms with Crippen LogP contribution in [0.2, 0.25) is 5.02 Å². The number of ether oxygens (including phenoxy) is 1. The summed E-state index contributed by atoms with van der Waals surface area (Å²) in [5, 5.41) is 4.15. The quantitative estimate of drug-likeness (QED) is 0.569. The van der Waals surface area contributed by atoms with E-state index >= 15 is 0 Å². The van der Waals surface area contributed by atoms with Gasteiger partial charge in [-0.25, -0.2) is 0 Å². The van der Waals surface area contributed by atoms with E-state index in [9.17, 15) is 0 Å². The number of aryl methyl sites for hydroxylation is 1. The minimum absolute atomic E-state index is 0.130. The highest BCUT2D eigenvalue weighted by Gasteiger charge is 2.11. The average molecular weight is 283 g/mol. The van der Waals surface area contributed by atoms with Gasteiger partial charge in [-0.05, 0) is 37.1 Å². The van der Waals surface area contributed by atoms with Crippen molar-refractivity contribution < 1.29 is 4.74 Å². The molecule has 0 bridgehead atoms. The maximum atomic E-state index is 5.96. The molecule has 0 aromatic heterocycles. The molecule has 0 fully saturated rings. The van der Waals surface area contributed by atoms with E-state index in [1.807, 2.05) is 32.0 Å². The Hall–Kier alpha value is -0.870. The standard InChI is InChI=1S/C15H23ClN2O/c1-11(2)10-19-7-6-18-15(9-17)14-5-4-13(16)8-12(14)3/h4-5,8,15,18H,1,6-7,9-10,17H2,2-3H3. The Kier molecular flexibility index (Phi) is 7.10. The van der Waals surface area contributed by atoms with Crippen LogP contribution in [-0.4, -0.2) is 26.3 Å². The summed E-state index contributed by atoms with van der Waals surface area (Å²) >= 11 is 5.96. The van der Waals surface area contributed by atoms with Gasteiger partial charge >= 0.3 is 0 Å². The van der Waals surface area contributed by atoms with Crippen molar-refractivity contribution in [2.75, 3.05) is 26.3 Å². The zero-order chi connectivity index (χ0) is 14.3. The molecular weight excluding hydrogens is 260 g/mol. The molecule has 1 aromatic carbocycles. The molecule has 106 valence electrons. The number of hydrogen-bond acceptors (Lipinski definition) is 3. The number of benzene rings is 1. The van der Waals surface area contributed by atoms with Crippen LogP contribution in [0, 0.1) is 6.92 Å². The van der Waals surface area contributed by atoms with Crippen LogP contribution in [0.25, 0.3) is 0 Å². The lowest BCUT2D eigenvalue weighted by atomic mass is 10.0. The smallest absolute Gasteiger partial charge is 0.0672 e. The summed E-state index contributed by atoms with van der Waals surface area (Å²) in [5.41, 5.74) is 9.19. The Morgan fingerprint density at radius 3 is 2.84 bits per heavy atom. The second-order valence-electron chi connectivity index (χ2n) is 4.75. The van der Waals surface area contributed by atoms with E-state index in [0.29, 0.717) is 19.8 Å². The van der Waals surface area contributed by atoms with E-state index < -0.39 is 0 Å². The lowest BCUT2D eigenvalue weighted by molar-refractivity contribution is 0.155. The molecule has 0 heterocycles. The Labute approximate surface area is 120 Å². The second kappa shape index (κ2) is 8.33. The van der Waals surface area contributed by atoms with E-state index in [4.69, 9.17) is 22.1 Å². The zero-order valence-corrected chi connectivity index (χ0v) is 12.5. The Morgan fingerprint density at radius 2 is 2.26 bits per heavy atom. The lowest BCUT2D eigenvalue weighted by Gasteiger charge is -2.19. The molecule has 1 atom stereocenters. The van der Waals surface area contributed by atoms with Crippen molar-refractivity contribution in [1.29, 1.82) is 0 Å². The highest BCUT2D eigenvalue weighted by atomic mass is 35.5. The Bertz CT molecular complexity index is 421. The largest absolute Gasteiger partial charge is 0.376 e. The summed E-state index contributed by atoms with van der Waals surface area (Å²) in [6, 6.07) is 6.01. The van der Waals surface area contributed by atoms with E-state index in [2.05, 4.69) is 11.9 Å². The summed E-state index contributed by atoms with van der Waals surface area (Å²) in [6.45, 7) is 10.4. The Morgan fingerprint density at radius 1 is 1.53 bits per heavy atom. The van der Waals surface area contributed by atoms with Gasteiger partial charge in [-0.15, -0.1) is 0 Å². The summed E-state index contributed by atoms with van der Waals surface area (Å²) in [6.07, 6.45) is 0. The fourth-order valence-corrected chi connectivity index (χ4v) is 2.13. The lowest BCUT2D eigenvalue weighted by Crippen LogP contribution is -2.31. The van der Waals surface area contributed by atoms with Gasteiger partial charge in [0.15, 0.2) is 0 Å². The molecule has 0 radical (unpaired) electrons. The maximum Gasteiger partial charge on any atom is 0.0672 e. The molecule has 1 aromatic rings. The molecule has 0 aliphatic rings. The third-order valence-electron chi connectivity index (χ3n) is 2.83. The van der Waals surface area contributed by atoms with Crippen molar-refractivity contribution in [2.24, 2.45) is 5.73 Å². The summed E-state index contributed by atoms with van der Waals surface area (Å²) in [7, 11) is 0. The fourth-order valence-electron chi connectivity index (χ4n) is 1.90. The minimum Gasteiger partial charge on any atom is -0.376 e. The first-order valence-corrected chi connectivity index (χ1v) is 6.84. The highest BCUT2D eigenvalue weighted by molar-refractivity contribution is 6.30. The SMILES string of the molecule is C=C(C)COCCNC(CN)c1ccc(Cl)cc1C. The van der Waals surface area contributed by atoms with Crippen LogP contribution in [0.4, 0.5) is 0 Å². The molecule has 0 saturated carbocycles. The third kappa shape index (κ3) is 5.74. The van der Waals surface area contributed by atoms with E-state index in [1.165, 1.54) is 5.56 Å². The van der Waals surface area contributed by atoms with Crippen LogP contribution in [0.3, 0.4) is 0 Å². The van der Waals surface area contributed by atoms with Crippen LogP contribution >= 0.6 is 11.6 Å². The number of rotatable bonds is 8. The number of nitrogens with two attached hydrogens (primary N) is 1. The molecule has 1 unspecified atom stereocenters. The summed E-state index contributed by atoms with van der Waals surface area (Å²) in [4.78, 5) is 0. The first kappa shape index (κ1) is 16.2. The number of hydrogen-bond donors (Lipinski definition) is 2. The average Bonchev–Trinajstić information content (AvgIpc) is 2.34. The van der Waals surface area contributed by atoms with Gasteiger partial charge in [-0.3, -0.25) is 0 Å². The second-order valence-corrected chi connectivity index (χ2v) is 5.19. The minimum atomic E-state index is 0.130. The third-order valence-corrected chi connectivity index (χ3v) is 3.06. The molecule has 1 rings (SSSR count). The van der Waals surface area contributed by atoms with Crippen LogP contribution in [0.1, 0.15) is 24.1 Å². The van der Waals surface area contributed by atoms with Crippen molar-refractivity contribution in [1.82, 2.24) is 5.32 Å². The van der Waals surface area contributed by atoms with Gasteiger partial charge in [0.25, 0.3) is 0 Å². The molecule has 3 nitrogen and oxygen atoms in total. The molecular formula is C15H23ClN2O. The van der Waals surface area contributed by atoms with Crippen molar-refractivity contribution >= 4 is 11.6 Å². The Balaban J connectivity index is 2.47.